The first-order chi connectivity index (χ1) is 16.9. The molecular weight excluding hydrogens is 497 g/mol. The van der Waals surface area contributed by atoms with Crippen molar-refractivity contribution < 1.29 is 23.3 Å². The van der Waals surface area contributed by atoms with Gasteiger partial charge in [-0.2, -0.15) is 0 Å². The first-order valence-electron chi connectivity index (χ1n) is 11.4. The Kier molecular flexibility index (Phi) is 13.0. The number of benzene rings is 1. The Bertz CT molecular complexity index is 1000. The average Bonchev–Trinajstić information content (AvgIpc) is 2.85. The van der Waals surface area contributed by atoms with Crippen LogP contribution in [0.25, 0.3) is 0 Å². The van der Waals surface area contributed by atoms with Crippen molar-refractivity contribution in [3.63, 3.8) is 0 Å². The molecule has 0 amide bonds. The lowest BCUT2D eigenvalue weighted by molar-refractivity contribution is -0.143. The maximum atomic E-state index is 12.2. The summed E-state index contributed by atoms with van der Waals surface area (Å²) in [6, 6.07) is 10.3. The predicted molar refractivity (Wildman–Crippen MR) is 135 cm³/mol. The van der Waals surface area contributed by atoms with Crippen LogP contribution < -0.4 is 20.9 Å². The molecule has 0 saturated heterocycles. The Hall–Kier alpha value is -2.23. The number of esters is 1. The topological polar surface area (TPSA) is 121 Å². The fourth-order valence-corrected chi connectivity index (χ4v) is 4.39. The van der Waals surface area contributed by atoms with Gasteiger partial charge in [0, 0.05) is 25.8 Å². The molecule has 0 saturated carbocycles. The number of para-hydroxylation sites is 1. The van der Waals surface area contributed by atoms with E-state index in [1.807, 2.05) is 18.2 Å². The standard InChI is InChI=1S/C23H33ClN3O7P/c1-4-17(5-2)15-32-22(29)14-25-35(34-18-9-7-6-8-10-18)33-16-19(31-3)13-20(24)27-12-11-21(28)26-23(27)30/h6-12,17,19-20,25H,4-5,13-16H2,1-3H3,(H,26,28,30). The van der Waals surface area contributed by atoms with Crippen molar-refractivity contribution in [2.75, 3.05) is 26.9 Å². The minimum absolute atomic E-state index is 0.0755. The Morgan fingerprint density at radius 2 is 1.86 bits per heavy atom. The SMILES string of the molecule is CCC(CC)COC(=O)CNP(OCC(CC(Cl)n1ccc(=O)[nH]c1=O)OC)Oc1ccccc1. The van der Waals surface area contributed by atoms with Gasteiger partial charge in [-0.3, -0.25) is 19.1 Å². The number of rotatable bonds is 16. The third-order valence-electron chi connectivity index (χ3n) is 5.24. The number of carbonyl (C=O) groups excluding carboxylic acids is 1. The lowest BCUT2D eigenvalue weighted by Crippen LogP contribution is -2.32. The summed E-state index contributed by atoms with van der Waals surface area (Å²) in [6.45, 7) is 4.49. The monoisotopic (exact) mass is 529 g/mol. The molecule has 1 heterocycles. The van der Waals surface area contributed by atoms with Crippen LogP contribution in [0.1, 0.15) is 38.6 Å². The number of nitrogens with one attached hydrogen (secondary N) is 2. The molecule has 1 aromatic carbocycles. The van der Waals surface area contributed by atoms with E-state index in [1.165, 1.54) is 23.9 Å². The second-order valence-corrected chi connectivity index (χ2v) is 9.48. The number of halogens is 1. The lowest BCUT2D eigenvalue weighted by atomic mass is 10.1. The van der Waals surface area contributed by atoms with Crippen molar-refractivity contribution in [3.8, 4) is 5.75 Å². The van der Waals surface area contributed by atoms with E-state index < -0.39 is 37.3 Å². The van der Waals surface area contributed by atoms with E-state index >= 15 is 0 Å². The van der Waals surface area contributed by atoms with E-state index in [0.29, 0.717) is 18.3 Å². The number of carbonyl (C=O) groups is 1. The van der Waals surface area contributed by atoms with Crippen LogP contribution in [-0.4, -0.2) is 48.5 Å². The van der Waals surface area contributed by atoms with Gasteiger partial charge in [0.25, 0.3) is 5.56 Å². The molecule has 0 aliphatic rings. The Labute approximate surface area is 210 Å². The Balaban J connectivity index is 1.95. The number of H-pyrrole nitrogens is 1. The summed E-state index contributed by atoms with van der Waals surface area (Å²) in [5, 5.41) is 2.97. The molecule has 0 fully saturated rings. The van der Waals surface area contributed by atoms with Gasteiger partial charge in [0.05, 0.1) is 19.3 Å². The molecule has 194 valence electrons. The first kappa shape index (κ1) is 29.0. The smallest absolute Gasteiger partial charge is 0.329 e. The maximum Gasteiger partial charge on any atom is 0.329 e. The van der Waals surface area contributed by atoms with Crippen LogP contribution in [0.15, 0.2) is 52.2 Å². The van der Waals surface area contributed by atoms with E-state index in [1.54, 1.807) is 12.1 Å². The molecule has 0 aliphatic carbocycles. The number of aromatic amines is 1. The minimum Gasteiger partial charge on any atom is -0.464 e. The molecule has 12 heteroatoms. The molecular formula is C23H33ClN3O7P. The number of alkyl halides is 1. The van der Waals surface area contributed by atoms with E-state index in [9.17, 15) is 14.4 Å². The highest BCUT2D eigenvalue weighted by molar-refractivity contribution is 7.45. The molecule has 0 aliphatic heterocycles. The zero-order valence-electron chi connectivity index (χ0n) is 20.1. The zero-order valence-corrected chi connectivity index (χ0v) is 21.8. The van der Waals surface area contributed by atoms with Crippen LogP contribution in [-0.2, 0) is 18.8 Å². The van der Waals surface area contributed by atoms with Crippen LogP contribution in [0.2, 0.25) is 0 Å². The zero-order chi connectivity index (χ0) is 25.6. The molecule has 0 bridgehead atoms. The van der Waals surface area contributed by atoms with Crippen LogP contribution in [0.5, 0.6) is 5.75 Å². The number of hydrogen-bond donors (Lipinski definition) is 2. The number of ether oxygens (including phenoxy) is 2. The Morgan fingerprint density at radius 1 is 1.14 bits per heavy atom. The fourth-order valence-electron chi connectivity index (χ4n) is 2.96. The van der Waals surface area contributed by atoms with E-state index in [0.717, 1.165) is 12.8 Å². The van der Waals surface area contributed by atoms with Gasteiger partial charge < -0.3 is 18.5 Å². The molecule has 3 atom stereocenters. The second-order valence-electron chi connectivity index (χ2n) is 7.70. The van der Waals surface area contributed by atoms with E-state index in [-0.39, 0.29) is 19.6 Å². The van der Waals surface area contributed by atoms with Gasteiger partial charge >= 0.3 is 20.2 Å². The van der Waals surface area contributed by atoms with Crippen molar-refractivity contribution in [1.82, 2.24) is 14.6 Å². The quantitative estimate of drug-likeness (QED) is 0.192. The third-order valence-corrected chi connectivity index (χ3v) is 6.81. The minimum atomic E-state index is -1.72. The summed E-state index contributed by atoms with van der Waals surface area (Å²) < 4.78 is 23.8. The summed E-state index contributed by atoms with van der Waals surface area (Å²) in [7, 11) is -0.224. The largest absolute Gasteiger partial charge is 0.464 e. The van der Waals surface area contributed by atoms with Crippen molar-refractivity contribution >= 4 is 26.1 Å². The van der Waals surface area contributed by atoms with Crippen LogP contribution in [0.4, 0.5) is 0 Å². The fraction of sp³-hybridized carbons (Fsp3) is 0.522. The molecule has 1 aromatic heterocycles. The summed E-state index contributed by atoms with van der Waals surface area (Å²) in [4.78, 5) is 37.6. The molecule has 2 N–H and O–H groups in total. The van der Waals surface area contributed by atoms with Gasteiger partial charge in [0.1, 0.15) is 17.8 Å². The number of methoxy groups -OCH3 is 1. The summed E-state index contributed by atoms with van der Waals surface area (Å²) in [6.07, 6.45) is 2.93. The van der Waals surface area contributed by atoms with Gasteiger partial charge in [0.15, 0.2) is 0 Å². The Morgan fingerprint density at radius 3 is 2.49 bits per heavy atom. The highest BCUT2D eigenvalue weighted by Gasteiger charge is 2.22. The van der Waals surface area contributed by atoms with Crippen molar-refractivity contribution in [1.29, 1.82) is 0 Å². The normalized spacial score (nSPS) is 13.9. The molecule has 2 aromatic rings. The molecule has 10 nitrogen and oxygen atoms in total. The molecule has 0 radical (unpaired) electrons. The van der Waals surface area contributed by atoms with Gasteiger partial charge in [0.2, 0.25) is 0 Å². The lowest BCUT2D eigenvalue weighted by Gasteiger charge is -2.23. The second kappa shape index (κ2) is 15.7. The van der Waals surface area contributed by atoms with Crippen molar-refractivity contribution in [2.24, 2.45) is 5.92 Å². The highest BCUT2D eigenvalue weighted by Crippen LogP contribution is 2.36. The molecule has 0 spiro atoms. The molecule has 35 heavy (non-hydrogen) atoms. The van der Waals surface area contributed by atoms with E-state index in [2.05, 4.69) is 23.9 Å². The number of hydrogen-bond acceptors (Lipinski definition) is 8. The van der Waals surface area contributed by atoms with Crippen molar-refractivity contribution in [2.45, 2.75) is 44.7 Å². The molecule has 3 unspecified atom stereocenters. The van der Waals surface area contributed by atoms with Gasteiger partial charge in [-0.15, -0.1) is 0 Å². The van der Waals surface area contributed by atoms with E-state index in [4.69, 9.17) is 30.1 Å². The van der Waals surface area contributed by atoms with Crippen molar-refractivity contribution in [3.05, 3.63) is 63.4 Å². The van der Waals surface area contributed by atoms with Gasteiger partial charge in [-0.05, 0) is 18.1 Å². The first-order valence-corrected chi connectivity index (χ1v) is 13.0. The third kappa shape index (κ3) is 10.5. The van der Waals surface area contributed by atoms with Gasteiger partial charge in [-0.1, -0.05) is 56.5 Å². The summed E-state index contributed by atoms with van der Waals surface area (Å²) >= 11 is 6.37. The maximum absolute atomic E-state index is 12.2. The van der Waals surface area contributed by atoms with Crippen LogP contribution in [0, 0.1) is 5.92 Å². The molecule has 2 rings (SSSR count). The average molecular weight is 530 g/mol. The highest BCUT2D eigenvalue weighted by atomic mass is 35.5. The number of aromatic nitrogens is 2. The van der Waals surface area contributed by atoms with Crippen LogP contribution >= 0.6 is 20.1 Å². The summed E-state index contributed by atoms with van der Waals surface area (Å²) in [5.41, 5.74) is -1.89. The predicted octanol–water partition coefficient (Wildman–Crippen LogP) is 3.57. The van der Waals surface area contributed by atoms with Crippen LogP contribution in [0.3, 0.4) is 0 Å². The summed E-state index contributed by atoms with van der Waals surface area (Å²) in [5.74, 6) is 0.505. The van der Waals surface area contributed by atoms with Gasteiger partial charge in [-0.25, -0.2) is 9.88 Å². The number of nitrogens with zero attached hydrogens (tertiary/aromatic N) is 1.